The van der Waals surface area contributed by atoms with Gasteiger partial charge in [0.25, 0.3) is 0 Å². The van der Waals surface area contributed by atoms with Crippen molar-refractivity contribution in [1.29, 1.82) is 0 Å². The molecule has 100 heavy (non-hydrogen) atoms. The van der Waals surface area contributed by atoms with E-state index in [4.69, 9.17) is 37.0 Å². The largest absolute Gasteiger partial charge is 0.472 e. The molecule has 0 spiro atoms. The summed E-state index contributed by atoms with van der Waals surface area (Å²) in [6.45, 7) is 9.62. The predicted molar refractivity (Wildman–Crippen MR) is 409 cm³/mol. The van der Waals surface area contributed by atoms with Crippen LogP contribution in [0.25, 0.3) is 0 Å². The van der Waals surface area contributed by atoms with Gasteiger partial charge in [0.15, 0.2) is 12.2 Å². The molecule has 3 N–H and O–H groups in total. The molecule has 0 aliphatic carbocycles. The number of rotatable bonds is 80. The number of aliphatic hydroxyl groups excluding tert-OH is 1. The average molecular weight is 1470 g/mol. The zero-order chi connectivity index (χ0) is 73.5. The molecule has 19 heteroatoms. The summed E-state index contributed by atoms with van der Waals surface area (Å²) in [6, 6.07) is 0. The first-order chi connectivity index (χ1) is 48.4. The number of phosphoric ester groups is 2. The predicted octanol–water partition coefficient (Wildman–Crippen LogP) is 24.3. The highest BCUT2D eigenvalue weighted by Crippen LogP contribution is 2.45. The van der Waals surface area contributed by atoms with Crippen LogP contribution in [-0.4, -0.2) is 96.7 Å². The molecule has 17 nitrogen and oxygen atoms in total. The molecular weight excluding hydrogens is 1310 g/mol. The topological polar surface area (TPSA) is 237 Å². The Hall–Kier alpha value is -1.94. The Morgan fingerprint density at radius 2 is 0.480 bits per heavy atom. The van der Waals surface area contributed by atoms with Crippen molar-refractivity contribution in [2.45, 2.75) is 445 Å². The van der Waals surface area contributed by atoms with Crippen molar-refractivity contribution in [3.8, 4) is 0 Å². The fraction of sp³-hybridized carbons (Fsp3) is 0.951. The SMILES string of the molecule is CCCCCCCCCCCCCCCCCCCCC(=O)OC[C@H](COP(=O)(O)OC[C@@H](O)COP(=O)(O)OC[C@@H](COC(=O)CCCCCCCCC(C)CC)OC(=O)CCCCCCCCCCCCC(C)CC)OC(=O)CCCCCCCCCCCCCCCCCCCC. The molecule has 0 aliphatic heterocycles. The summed E-state index contributed by atoms with van der Waals surface area (Å²) in [5.41, 5.74) is 0. The van der Waals surface area contributed by atoms with Crippen LogP contribution in [0, 0.1) is 11.8 Å². The van der Waals surface area contributed by atoms with Crippen molar-refractivity contribution in [3.63, 3.8) is 0 Å². The first-order valence-corrected chi connectivity index (χ1v) is 45.1. The van der Waals surface area contributed by atoms with Gasteiger partial charge in [0.2, 0.25) is 0 Å². The third-order valence-corrected chi connectivity index (χ3v) is 21.6. The van der Waals surface area contributed by atoms with Crippen LogP contribution < -0.4 is 0 Å². The van der Waals surface area contributed by atoms with E-state index >= 15 is 0 Å². The van der Waals surface area contributed by atoms with Gasteiger partial charge in [-0.2, -0.15) is 0 Å². The third kappa shape index (κ3) is 71.7. The van der Waals surface area contributed by atoms with Crippen LogP contribution in [0.2, 0.25) is 0 Å². The lowest BCUT2D eigenvalue weighted by molar-refractivity contribution is -0.161. The van der Waals surface area contributed by atoms with E-state index in [-0.39, 0.29) is 25.7 Å². The minimum Gasteiger partial charge on any atom is -0.462 e. The highest BCUT2D eigenvalue weighted by molar-refractivity contribution is 7.47. The Kier molecular flexibility index (Phi) is 71.2. The fourth-order valence-electron chi connectivity index (χ4n) is 12.5. The molecule has 0 saturated heterocycles. The van der Waals surface area contributed by atoms with E-state index in [2.05, 4.69) is 41.5 Å². The summed E-state index contributed by atoms with van der Waals surface area (Å²) in [7, 11) is -9.92. The lowest BCUT2D eigenvalue weighted by atomic mass is 9.99. The highest BCUT2D eigenvalue weighted by Gasteiger charge is 2.30. The van der Waals surface area contributed by atoms with Crippen molar-refractivity contribution < 1.29 is 80.2 Å². The molecule has 0 aromatic carbocycles. The second-order valence-electron chi connectivity index (χ2n) is 29.6. The molecule has 0 fully saturated rings. The zero-order valence-corrected chi connectivity index (χ0v) is 67.3. The maximum Gasteiger partial charge on any atom is 0.472 e. The molecule has 0 bridgehead atoms. The van der Waals surface area contributed by atoms with E-state index in [0.29, 0.717) is 25.7 Å². The van der Waals surface area contributed by atoms with E-state index in [1.165, 1.54) is 238 Å². The van der Waals surface area contributed by atoms with Gasteiger partial charge in [-0.15, -0.1) is 0 Å². The lowest BCUT2D eigenvalue weighted by Gasteiger charge is -2.21. The summed E-state index contributed by atoms with van der Waals surface area (Å²) in [6.07, 6.45) is 62.4. The van der Waals surface area contributed by atoms with Crippen molar-refractivity contribution in [2.75, 3.05) is 39.6 Å². The number of phosphoric acid groups is 2. The van der Waals surface area contributed by atoms with Gasteiger partial charge in [0.05, 0.1) is 26.4 Å². The summed E-state index contributed by atoms with van der Waals surface area (Å²) < 4.78 is 68.7. The van der Waals surface area contributed by atoms with Gasteiger partial charge in [0.1, 0.15) is 19.3 Å². The summed E-state index contributed by atoms with van der Waals surface area (Å²) in [4.78, 5) is 73.0. The van der Waals surface area contributed by atoms with Crippen LogP contribution in [0.4, 0.5) is 0 Å². The minimum absolute atomic E-state index is 0.106. The third-order valence-electron chi connectivity index (χ3n) is 19.7. The number of carbonyl (C=O) groups excluding carboxylic acids is 4. The van der Waals surface area contributed by atoms with Gasteiger partial charge in [-0.3, -0.25) is 37.3 Å². The summed E-state index contributed by atoms with van der Waals surface area (Å²) >= 11 is 0. The maximum atomic E-state index is 13.1. The van der Waals surface area contributed by atoms with E-state index in [0.717, 1.165) is 108 Å². The molecule has 4 unspecified atom stereocenters. The molecule has 7 atom stereocenters. The molecule has 0 saturated carbocycles. The molecule has 0 rings (SSSR count). The molecule has 0 aliphatic rings. The van der Waals surface area contributed by atoms with Crippen LogP contribution in [0.15, 0.2) is 0 Å². The van der Waals surface area contributed by atoms with Crippen LogP contribution in [0.5, 0.6) is 0 Å². The van der Waals surface area contributed by atoms with E-state index in [1.807, 2.05) is 0 Å². The van der Waals surface area contributed by atoms with Gasteiger partial charge >= 0.3 is 39.5 Å². The van der Waals surface area contributed by atoms with Crippen molar-refractivity contribution in [1.82, 2.24) is 0 Å². The van der Waals surface area contributed by atoms with E-state index < -0.39 is 97.5 Å². The number of aliphatic hydroxyl groups is 1. The Morgan fingerprint density at radius 3 is 0.710 bits per heavy atom. The Morgan fingerprint density at radius 1 is 0.280 bits per heavy atom. The standard InChI is InChI=1S/C81H158O17P2/c1-7-11-13-15-17-19-21-23-25-27-29-31-33-35-40-44-51-57-63-78(83)91-69-76(97-80(85)65-59-53-45-41-36-34-32-30-28-26-24-22-20-18-16-14-12-8-2)71-95-99(87,88)93-67-75(82)68-94-100(89,90)96-72-77(70-92-79(84)64-58-52-48-47-50-56-62-74(6)10-4)98-81(86)66-60-54-46-42-38-37-39-43-49-55-61-73(5)9-3/h73-77,82H,7-72H2,1-6H3,(H,87,88)(H,89,90)/t73?,74?,75-,76-,77-/m1/s1. The van der Waals surface area contributed by atoms with Gasteiger partial charge in [-0.1, -0.05) is 375 Å². The molecule has 0 aromatic rings. The zero-order valence-electron chi connectivity index (χ0n) is 65.5. The monoisotopic (exact) mass is 1470 g/mol. The quantitative estimate of drug-likeness (QED) is 0.0222. The van der Waals surface area contributed by atoms with Crippen LogP contribution in [0.3, 0.4) is 0 Å². The van der Waals surface area contributed by atoms with Gasteiger partial charge in [0, 0.05) is 25.7 Å². The van der Waals surface area contributed by atoms with Crippen LogP contribution >= 0.6 is 15.6 Å². The Bertz CT molecular complexity index is 1930. The number of carbonyl (C=O) groups is 4. The molecule has 0 aromatic heterocycles. The first kappa shape index (κ1) is 98.1. The Labute approximate surface area is 613 Å². The number of hydrogen-bond acceptors (Lipinski definition) is 15. The van der Waals surface area contributed by atoms with Crippen molar-refractivity contribution in [2.24, 2.45) is 11.8 Å². The lowest BCUT2D eigenvalue weighted by Crippen LogP contribution is -2.30. The number of ether oxygens (including phenoxy) is 4. The molecule has 0 amide bonds. The summed E-state index contributed by atoms with van der Waals surface area (Å²) in [5, 5.41) is 10.6. The van der Waals surface area contributed by atoms with Crippen LogP contribution in [0.1, 0.15) is 427 Å². The average Bonchev–Trinajstić information content (AvgIpc) is 0.996. The van der Waals surface area contributed by atoms with E-state index in [9.17, 15) is 43.2 Å². The minimum atomic E-state index is -4.96. The molecule has 594 valence electrons. The highest BCUT2D eigenvalue weighted by atomic mass is 31.2. The molecule has 0 heterocycles. The van der Waals surface area contributed by atoms with E-state index in [1.54, 1.807) is 0 Å². The normalized spacial score (nSPS) is 14.4. The second kappa shape index (κ2) is 72.6. The maximum absolute atomic E-state index is 13.1. The Balaban J connectivity index is 5.24. The van der Waals surface area contributed by atoms with Crippen molar-refractivity contribution >= 4 is 39.5 Å². The number of hydrogen-bond donors (Lipinski definition) is 3. The number of esters is 4. The van der Waals surface area contributed by atoms with Crippen molar-refractivity contribution in [3.05, 3.63) is 0 Å². The summed E-state index contributed by atoms with van der Waals surface area (Å²) in [5.74, 6) is -0.576. The van der Waals surface area contributed by atoms with Gasteiger partial charge in [-0.25, -0.2) is 9.13 Å². The van der Waals surface area contributed by atoms with Crippen LogP contribution in [-0.2, 0) is 65.4 Å². The first-order valence-electron chi connectivity index (χ1n) is 42.1. The fourth-order valence-corrected chi connectivity index (χ4v) is 14.1. The van der Waals surface area contributed by atoms with Gasteiger partial charge in [-0.05, 0) is 37.5 Å². The number of unbranched alkanes of at least 4 members (excludes halogenated alkanes) is 48. The molecule has 0 radical (unpaired) electrons. The molecular formula is C81H158O17P2. The second-order valence-corrected chi connectivity index (χ2v) is 32.6. The van der Waals surface area contributed by atoms with Gasteiger partial charge < -0.3 is 33.8 Å². The smallest absolute Gasteiger partial charge is 0.462 e.